The van der Waals surface area contributed by atoms with Crippen LogP contribution in [0.3, 0.4) is 0 Å². The van der Waals surface area contributed by atoms with E-state index in [2.05, 4.69) is 5.64 Å². The van der Waals surface area contributed by atoms with Crippen LogP contribution in [-0.4, -0.2) is 7.12 Å². The minimum atomic E-state index is -1.17. The Bertz CT molecular complexity index is 12.8. The molecule has 0 bridgehead atoms. The highest BCUT2D eigenvalue weighted by Gasteiger charge is 1.86. The molecule has 0 amide bonds. The van der Waals surface area contributed by atoms with Gasteiger partial charge in [0.25, 0.3) is 0 Å². The summed E-state index contributed by atoms with van der Waals surface area (Å²) in [5.41, 5.74) is 4.44. The second kappa shape index (κ2) is 1.29. The molecule has 0 heterocycles. The van der Waals surface area contributed by atoms with Gasteiger partial charge in [0.15, 0.2) is 0 Å². The van der Waals surface area contributed by atoms with Crippen LogP contribution < -0.4 is 5.64 Å². The largest absolute Gasteiger partial charge is 0.422 e. The van der Waals surface area contributed by atoms with Gasteiger partial charge in [-0.3, -0.25) is 0 Å². The van der Waals surface area contributed by atoms with Crippen molar-refractivity contribution >= 4 is 7.12 Å². The van der Waals surface area contributed by atoms with Crippen molar-refractivity contribution in [1.82, 2.24) is 0 Å². The normalized spacial score (nSPS) is 6.75. The van der Waals surface area contributed by atoms with E-state index in [1.807, 2.05) is 0 Å². The van der Waals surface area contributed by atoms with E-state index >= 15 is 0 Å². The topological polar surface area (TPSA) is 26.0 Å². The van der Waals surface area contributed by atoms with Crippen LogP contribution in [-0.2, 0) is 0 Å². The van der Waals surface area contributed by atoms with Crippen molar-refractivity contribution in [2.45, 2.75) is 6.82 Å². The second-order valence-corrected chi connectivity index (χ2v) is 0.678. The number of halogens is 1. The Morgan fingerprint density at radius 2 is 2.00 bits per heavy atom. The van der Waals surface area contributed by atoms with Gasteiger partial charge in [0.2, 0.25) is 0 Å². The summed E-state index contributed by atoms with van der Waals surface area (Å²) in [5.74, 6) is 0. The van der Waals surface area contributed by atoms with Gasteiger partial charge < -0.3 is 9.96 Å². The van der Waals surface area contributed by atoms with Gasteiger partial charge >= 0.3 is 7.12 Å². The lowest BCUT2D eigenvalue weighted by molar-refractivity contribution is 0.837. The average Bonchev–Trinajstić information content (AvgIpc) is 0.811. The molecule has 3 heteroatoms. The van der Waals surface area contributed by atoms with E-state index < -0.39 is 7.12 Å². The fraction of sp³-hybridized carbons (Fsp3) is 1.00. The summed E-state index contributed by atoms with van der Waals surface area (Å²) in [7, 11) is -1.17. The van der Waals surface area contributed by atoms with Crippen molar-refractivity contribution in [2.75, 3.05) is 0 Å². The lowest BCUT2D eigenvalue weighted by Gasteiger charge is -1.67. The fourth-order valence-corrected chi connectivity index (χ4v) is 0. The summed E-state index contributed by atoms with van der Waals surface area (Å²) in [6, 6.07) is 0. The predicted octanol–water partition coefficient (Wildman–Crippen LogP) is 0.0326. The molecule has 0 rings (SSSR count). The molecule has 0 saturated carbocycles. The Hall–Kier alpha value is -0.0451. The molecular formula is CH5BFN. The summed E-state index contributed by atoms with van der Waals surface area (Å²) in [4.78, 5) is 0. The summed E-state index contributed by atoms with van der Waals surface area (Å²) in [5, 5.41) is 0. The van der Waals surface area contributed by atoms with Crippen LogP contribution in [0.15, 0.2) is 0 Å². The Kier molecular flexibility index (Phi) is 1.28. The summed E-state index contributed by atoms with van der Waals surface area (Å²) >= 11 is 0. The van der Waals surface area contributed by atoms with Gasteiger partial charge in [-0.15, -0.1) is 0 Å². The van der Waals surface area contributed by atoms with E-state index in [1.54, 1.807) is 0 Å². The lowest BCUT2D eigenvalue weighted by Crippen LogP contribution is -2.12. The summed E-state index contributed by atoms with van der Waals surface area (Å²) < 4.78 is 10.8. The first-order valence-electron chi connectivity index (χ1n) is 1.13. The molecule has 0 saturated heterocycles. The maximum Gasteiger partial charge on any atom is 0.422 e. The van der Waals surface area contributed by atoms with E-state index in [0.717, 1.165) is 0 Å². The number of hydrogen-bond acceptors (Lipinski definition) is 1. The van der Waals surface area contributed by atoms with Crippen molar-refractivity contribution in [1.29, 1.82) is 0 Å². The molecular weight excluding hydrogens is 54.8 g/mol. The van der Waals surface area contributed by atoms with Gasteiger partial charge in [-0.1, -0.05) is 0 Å². The molecule has 0 atom stereocenters. The van der Waals surface area contributed by atoms with Gasteiger partial charge in [-0.25, -0.2) is 0 Å². The van der Waals surface area contributed by atoms with Gasteiger partial charge in [0.1, 0.15) is 0 Å². The highest BCUT2D eigenvalue weighted by atomic mass is 18.1. The number of rotatable bonds is 0. The SMILES string of the molecule is CB(N)[18F]. The second-order valence-electron chi connectivity index (χ2n) is 0.678. The molecule has 0 fully saturated rings. The minimum Gasteiger partial charge on any atom is -0.341 e. The zero-order valence-electron chi connectivity index (χ0n) is 2.53. The van der Waals surface area contributed by atoms with Crippen molar-refractivity contribution in [2.24, 2.45) is 5.64 Å². The highest BCUT2D eigenvalue weighted by molar-refractivity contribution is 6.45. The molecule has 0 aliphatic rings. The van der Waals surface area contributed by atoms with Crippen LogP contribution in [0.2, 0.25) is 6.82 Å². The third-order valence-corrected chi connectivity index (χ3v) is 0. The highest BCUT2D eigenvalue weighted by Crippen LogP contribution is 1.59. The van der Waals surface area contributed by atoms with Gasteiger partial charge in [-0.2, -0.15) is 0 Å². The fourth-order valence-electron chi connectivity index (χ4n) is 0. The van der Waals surface area contributed by atoms with E-state index in [4.69, 9.17) is 0 Å². The molecule has 0 aromatic carbocycles. The van der Waals surface area contributed by atoms with Gasteiger partial charge in [0.05, 0.1) is 0 Å². The molecule has 24 valence electrons. The van der Waals surface area contributed by atoms with Crippen LogP contribution in [0.5, 0.6) is 0 Å². The minimum absolute atomic E-state index is 1.17. The Morgan fingerprint density at radius 1 is 2.00 bits per heavy atom. The quantitative estimate of drug-likeness (QED) is 0.392. The molecule has 0 aromatic heterocycles. The third kappa shape index (κ3) is 878. The van der Waals surface area contributed by atoms with Crippen LogP contribution in [0.4, 0.5) is 4.32 Å². The van der Waals surface area contributed by atoms with Crippen LogP contribution >= 0.6 is 0 Å². The zero-order valence-corrected chi connectivity index (χ0v) is 2.53. The molecule has 0 aliphatic carbocycles. The molecule has 1 nitrogen and oxygen atoms in total. The number of nitrogens with two attached hydrogens (primary N) is 1. The van der Waals surface area contributed by atoms with Crippen molar-refractivity contribution < 1.29 is 4.32 Å². The first-order valence-corrected chi connectivity index (χ1v) is 1.13. The predicted molar refractivity (Wildman–Crippen MR) is 16.9 cm³/mol. The molecule has 0 radical (unpaired) electrons. The van der Waals surface area contributed by atoms with Crippen LogP contribution in [0, 0.1) is 0 Å². The summed E-state index contributed by atoms with van der Waals surface area (Å²) in [6.07, 6.45) is 0. The van der Waals surface area contributed by atoms with E-state index in [9.17, 15) is 4.32 Å². The molecule has 0 unspecified atom stereocenters. The maximum absolute atomic E-state index is 10.8. The zero-order chi connectivity index (χ0) is 3.58. The van der Waals surface area contributed by atoms with E-state index in [0.29, 0.717) is 0 Å². The molecule has 0 aliphatic heterocycles. The van der Waals surface area contributed by atoms with Gasteiger partial charge in [0, 0.05) is 0 Å². The molecule has 0 aromatic rings. The van der Waals surface area contributed by atoms with Crippen molar-refractivity contribution in [3.8, 4) is 0 Å². The monoisotopic (exact) mass is 60.1 g/mol. The smallest absolute Gasteiger partial charge is 0.341 e. The van der Waals surface area contributed by atoms with E-state index in [1.165, 1.54) is 6.82 Å². The van der Waals surface area contributed by atoms with Crippen LogP contribution in [0.25, 0.3) is 0 Å². The number of hydrogen-bond donors (Lipinski definition) is 1. The Morgan fingerprint density at radius 3 is 2.00 bits per heavy atom. The Labute approximate surface area is 25.1 Å². The van der Waals surface area contributed by atoms with Crippen LogP contribution in [0.1, 0.15) is 0 Å². The maximum atomic E-state index is 10.8. The average molecular weight is 59.9 g/mol. The van der Waals surface area contributed by atoms with E-state index in [-0.39, 0.29) is 0 Å². The lowest BCUT2D eigenvalue weighted by atomic mass is 9.95. The first kappa shape index (κ1) is 3.95. The third-order valence-electron chi connectivity index (χ3n) is 0. The van der Waals surface area contributed by atoms with Crippen molar-refractivity contribution in [3.63, 3.8) is 0 Å². The summed E-state index contributed by atoms with van der Waals surface area (Å²) in [6.45, 7) is 1.28. The molecule has 0 spiro atoms. The molecule has 4 heavy (non-hydrogen) atoms. The first-order chi connectivity index (χ1) is 1.73. The van der Waals surface area contributed by atoms with Crippen molar-refractivity contribution in [3.05, 3.63) is 0 Å². The molecule has 2 N–H and O–H groups in total. The standard InChI is InChI=1S/CH5BFN/c1-2(3)4/h4H2,1H3/i3-1. The van der Waals surface area contributed by atoms with Gasteiger partial charge in [-0.05, 0) is 6.82 Å². The Balaban J connectivity index is 2.32.